The van der Waals surface area contributed by atoms with Crippen molar-refractivity contribution in [1.29, 1.82) is 0 Å². The molecule has 0 saturated carbocycles. The molecule has 1 atom stereocenters. The highest BCUT2D eigenvalue weighted by atomic mass is 32.1. The summed E-state index contributed by atoms with van der Waals surface area (Å²) in [7, 11) is 1.70. The van der Waals surface area contributed by atoms with Gasteiger partial charge in [0, 0.05) is 13.0 Å². The van der Waals surface area contributed by atoms with Crippen molar-refractivity contribution in [3.63, 3.8) is 0 Å². The fraction of sp³-hybridized carbons (Fsp3) is 0.455. The second-order valence-electron chi connectivity index (χ2n) is 4.12. The Kier molecular flexibility index (Phi) is 4.23. The van der Waals surface area contributed by atoms with Gasteiger partial charge in [-0.05, 0) is 7.05 Å². The molecule has 3 N–H and O–H groups in total. The molecule has 1 amide bonds. The number of fused-ring (bicyclic) bond motifs is 1. The summed E-state index contributed by atoms with van der Waals surface area (Å²) in [5.41, 5.74) is 7.68. The predicted molar refractivity (Wildman–Crippen MR) is 73.9 cm³/mol. The van der Waals surface area contributed by atoms with E-state index in [1.807, 2.05) is 0 Å². The number of carbonyl (C=O) groups is 1. The Labute approximate surface area is 115 Å². The van der Waals surface area contributed by atoms with Crippen LogP contribution in [0.5, 0.6) is 0 Å². The van der Waals surface area contributed by atoms with Crippen molar-refractivity contribution in [3.8, 4) is 0 Å². The Morgan fingerprint density at radius 1 is 1.84 bits per heavy atom. The van der Waals surface area contributed by atoms with Gasteiger partial charge in [0.15, 0.2) is 12.2 Å². The molecule has 0 aromatic carbocycles. The third kappa shape index (κ3) is 2.79. The molecule has 1 aromatic rings. The number of rotatable bonds is 4. The number of hydrogen-bond acceptors (Lipinski definition) is 5. The van der Waals surface area contributed by atoms with Crippen LogP contribution >= 0.6 is 12.2 Å². The van der Waals surface area contributed by atoms with Gasteiger partial charge in [0.05, 0.1) is 17.7 Å². The first-order chi connectivity index (χ1) is 9.17. The Bertz CT molecular complexity index is 513. The summed E-state index contributed by atoms with van der Waals surface area (Å²) in [6, 6.07) is -0.541. The second-order valence-corrected chi connectivity index (χ2v) is 4.33. The molecule has 1 aliphatic heterocycles. The van der Waals surface area contributed by atoms with Crippen LogP contribution in [0.2, 0.25) is 0 Å². The van der Waals surface area contributed by atoms with Crippen molar-refractivity contribution in [2.24, 2.45) is 10.7 Å². The summed E-state index contributed by atoms with van der Waals surface area (Å²) in [6.07, 6.45) is 1.99. The van der Waals surface area contributed by atoms with Gasteiger partial charge in [-0.15, -0.1) is 0 Å². The smallest absolute Gasteiger partial charge is 0.248 e. The molecule has 19 heavy (non-hydrogen) atoms. The van der Waals surface area contributed by atoms with Gasteiger partial charge < -0.3 is 20.4 Å². The van der Waals surface area contributed by atoms with Crippen LogP contribution in [-0.4, -0.2) is 47.3 Å². The molecule has 0 spiro atoms. The average molecular weight is 281 g/mol. The van der Waals surface area contributed by atoms with E-state index < -0.39 is 6.04 Å². The number of nitrogens with one attached hydrogen (secondary N) is 1. The molecule has 8 heteroatoms. The number of oxazole rings is 1. The molecule has 102 valence electrons. The van der Waals surface area contributed by atoms with Gasteiger partial charge in [-0.1, -0.05) is 12.2 Å². The SMILES string of the molecule is CNC1C(=O)N(CC(N)=NC=S)CCc2ncoc21. The first-order valence-electron chi connectivity index (χ1n) is 5.81. The van der Waals surface area contributed by atoms with Gasteiger partial charge in [-0.3, -0.25) is 4.79 Å². The van der Waals surface area contributed by atoms with E-state index in [4.69, 9.17) is 10.2 Å². The van der Waals surface area contributed by atoms with Crippen molar-refractivity contribution in [2.45, 2.75) is 12.5 Å². The highest BCUT2D eigenvalue weighted by Gasteiger charge is 2.33. The number of aliphatic imine (C=N–C) groups is 1. The third-order valence-electron chi connectivity index (χ3n) is 2.97. The summed E-state index contributed by atoms with van der Waals surface area (Å²) in [5.74, 6) is 0.769. The van der Waals surface area contributed by atoms with Crippen molar-refractivity contribution in [1.82, 2.24) is 15.2 Å². The fourth-order valence-electron chi connectivity index (χ4n) is 2.06. The molecule has 0 bridgehead atoms. The van der Waals surface area contributed by atoms with Gasteiger partial charge in [0.2, 0.25) is 5.91 Å². The molecule has 2 heterocycles. The third-order valence-corrected chi connectivity index (χ3v) is 3.08. The molecule has 0 aliphatic carbocycles. The summed E-state index contributed by atoms with van der Waals surface area (Å²) in [4.78, 5) is 22.0. The standard InChI is InChI=1S/C11H15N5O2S/c1-13-9-10-7(14-5-18-10)2-3-16(11(9)17)4-8(12)15-6-19/h5-6,9,13H,2-4H2,1H3,(H2,12,15,19). The maximum absolute atomic E-state index is 12.4. The number of carbonyl (C=O) groups excluding carboxylic acids is 1. The van der Waals surface area contributed by atoms with Crippen LogP contribution in [0.15, 0.2) is 15.8 Å². The van der Waals surface area contributed by atoms with E-state index in [1.54, 1.807) is 11.9 Å². The molecule has 1 aliphatic rings. The summed E-state index contributed by atoms with van der Waals surface area (Å²) in [5, 5.41) is 2.94. The number of aromatic nitrogens is 1. The molecule has 1 unspecified atom stereocenters. The number of nitrogens with zero attached hydrogens (tertiary/aromatic N) is 3. The van der Waals surface area contributed by atoms with E-state index in [2.05, 4.69) is 27.5 Å². The number of amides is 1. The van der Waals surface area contributed by atoms with E-state index in [0.717, 1.165) is 5.69 Å². The normalized spacial score (nSPS) is 20.1. The van der Waals surface area contributed by atoms with E-state index in [-0.39, 0.29) is 12.5 Å². The lowest BCUT2D eigenvalue weighted by molar-refractivity contribution is -0.132. The first kappa shape index (κ1) is 13.6. The highest BCUT2D eigenvalue weighted by molar-refractivity contribution is 7.78. The van der Waals surface area contributed by atoms with Gasteiger partial charge in [-0.25, -0.2) is 9.98 Å². The molecule has 0 fully saturated rings. The minimum atomic E-state index is -0.541. The summed E-state index contributed by atoms with van der Waals surface area (Å²) >= 11 is 4.61. The number of likely N-dealkylation sites (N-methyl/N-ethyl adjacent to an activating group) is 1. The molecule has 0 radical (unpaired) electrons. The Morgan fingerprint density at radius 2 is 2.63 bits per heavy atom. The van der Waals surface area contributed by atoms with Crippen LogP contribution in [0.1, 0.15) is 17.5 Å². The molecule has 2 rings (SSSR count). The maximum atomic E-state index is 12.4. The molecular formula is C11H15N5O2S. The zero-order valence-electron chi connectivity index (χ0n) is 10.5. The summed E-state index contributed by atoms with van der Waals surface area (Å²) < 4.78 is 5.31. The highest BCUT2D eigenvalue weighted by Crippen LogP contribution is 2.23. The second kappa shape index (κ2) is 5.89. The van der Waals surface area contributed by atoms with Crippen LogP contribution in [0.4, 0.5) is 0 Å². The van der Waals surface area contributed by atoms with Crippen LogP contribution in [-0.2, 0) is 11.2 Å². The lowest BCUT2D eigenvalue weighted by Gasteiger charge is -2.23. The number of amidine groups is 1. The summed E-state index contributed by atoms with van der Waals surface area (Å²) in [6.45, 7) is 0.763. The van der Waals surface area contributed by atoms with Gasteiger partial charge in [0.1, 0.15) is 11.9 Å². The average Bonchev–Trinajstić information content (AvgIpc) is 2.79. The largest absolute Gasteiger partial charge is 0.446 e. The van der Waals surface area contributed by atoms with Crippen molar-refractivity contribution >= 4 is 29.5 Å². The zero-order chi connectivity index (χ0) is 13.8. The Hall–Kier alpha value is -1.80. The Balaban J connectivity index is 2.22. The van der Waals surface area contributed by atoms with E-state index in [0.29, 0.717) is 24.6 Å². The van der Waals surface area contributed by atoms with Crippen molar-refractivity contribution in [2.75, 3.05) is 20.1 Å². The molecule has 7 nitrogen and oxygen atoms in total. The maximum Gasteiger partial charge on any atom is 0.248 e. The first-order valence-corrected chi connectivity index (χ1v) is 6.28. The van der Waals surface area contributed by atoms with Crippen molar-refractivity contribution in [3.05, 3.63) is 17.8 Å². The number of thiocarbonyl (C=S) groups is 1. The van der Waals surface area contributed by atoms with Gasteiger partial charge in [-0.2, -0.15) is 0 Å². The van der Waals surface area contributed by atoms with Crippen LogP contribution in [0, 0.1) is 0 Å². The van der Waals surface area contributed by atoms with Crippen LogP contribution in [0.3, 0.4) is 0 Å². The molecule has 0 saturated heterocycles. The zero-order valence-corrected chi connectivity index (χ0v) is 11.3. The van der Waals surface area contributed by atoms with Crippen LogP contribution in [0.25, 0.3) is 0 Å². The number of nitrogens with two attached hydrogens (primary N) is 1. The number of hydrogen-bond donors (Lipinski definition) is 2. The molecule has 1 aromatic heterocycles. The lowest BCUT2D eigenvalue weighted by atomic mass is 10.1. The van der Waals surface area contributed by atoms with Crippen molar-refractivity contribution < 1.29 is 9.21 Å². The topological polar surface area (TPSA) is 96.8 Å². The van der Waals surface area contributed by atoms with Gasteiger partial charge >= 0.3 is 0 Å². The molecular weight excluding hydrogens is 266 g/mol. The van der Waals surface area contributed by atoms with E-state index in [9.17, 15) is 4.79 Å². The van der Waals surface area contributed by atoms with E-state index in [1.165, 1.54) is 11.9 Å². The minimum absolute atomic E-state index is 0.111. The Morgan fingerprint density at radius 3 is 3.32 bits per heavy atom. The quantitative estimate of drug-likeness (QED) is 0.444. The minimum Gasteiger partial charge on any atom is -0.446 e. The predicted octanol–water partition coefficient (Wildman–Crippen LogP) is -0.366. The van der Waals surface area contributed by atoms with E-state index >= 15 is 0 Å². The van der Waals surface area contributed by atoms with Crippen LogP contribution < -0.4 is 11.1 Å². The van der Waals surface area contributed by atoms with Gasteiger partial charge in [0.25, 0.3) is 0 Å². The fourth-order valence-corrected chi connectivity index (χ4v) is 2.20. The lowest BCUT2D eigenvalue weighted by Crippen LogP contribution is -2.43. The monoisotopic (exact) mass is 281 g/mol.